The van der Waals surface area contributed by atoms with Gasteiger partial charge in [0.25, 0.3) is 5.91 Å². The van der Waals surface area contributed by atoms with Crippen LogP contribution in [0.25, 0.3) is 0 Å². The molecule has 0 radical (unpaired) electrons. The summed E-state index contributed by atoms with van der Waals surface area (Å²) < 4.78 is 46.0. The molecule has 2 aliphatic rings. The maximum atomic E-state index is 13.2. The molecule has 11 heteroatoms. The SMILES string of the molecule is CC(CCNC(=O)c1c(Cl)cncc1Cl)N1CCC(C(OC2=CC(Cl)=CC=CC2)c2ccc(C(F)(F)F)cc2)CC1. The van der Waals surface area contributed by atoms with Gasteiger partial charge in [0.2, 0.25) is 0 Å². The van der Waals surface area contributed by atoms with E-state index in [1.807, 2.05) is 12.2 Å². The van der Waals surface area contributed by atoms with Gasteiger partial charge >= 0.3 is 6.18 Å². The molecule has 1 amide bonds. The third kappa shape index (κ3) is 8.51. The number of piperidine rings is 1. The van der Waals surface area contributed by atoms with Gasteiger partial charge in [0.05, 0.1) is 21.2 Å². The first-order valence-electron chi connectivity index (χ1n) is 13.4. The largest absolute Gasteiger partial charge is 0.489 e. The minimum Gasteiger partial charge on any atom is -0.489 e. The van der Waals surface area contributed by atoms with Gasteiger partial charge in [-0.05, 0) is 69.1 Å². The molecular formula is C30H31Cl3F3N3O2. The van der Waals surface area contributed by atoms with E-state index in [9.17, 15) is 18.0 Å². The molecule has 1 saturated heterocycles. The number of carbonyl (C=O) groups excluding carboxylic acids is 1. The quantitative estimate of drug-likeness (QED) is 0.303. The number of likely N-dealkylation sites (tertiary alicyclic amines) is 1. The number of benzene rings is 1. The number of rotatable bonds is 9. The van der Waals surface area contributed by atoms with Crippen molar-refractivity contribution in [2.24, 2.45) is 5.92 Å². The molecule has 4 rings (SSSR count). The third-order valence-corrected chi connectivity index (χ3v) is 8.22. The molecule has 1 N–H and O–H groups in total. The standard InChI is InChI=1S/C30H31Cl3F3N3O2/c1-19(10-13-38-29(40)27-25(32)17-37-18-26(27)33)39-14-11-21(12-15-39)28(41-24-5-3-2-4-23(31)16-24)20-6-8-22(9-7-20)30(34,35)36/h2-4,6-9,16-19,21,28H,5,10-15H2,1H3,(H,38,40). The molecule has 0 spiro atoms. The Hall–Kier alpha value is -2.52. The van der Waals surface area contributed by atoms with Gasteiger partial charge < -0.3 is 15.0 Å². The topological polar surface area (TPSA) is 54.5 Å². The Morgan fingerprint density at radius 1 is 1.12 bits per heavy atom. The highest BCUT2D eigenvalue weighted by Crippen LogP contribution is 2.38. The number of pyridine rings is 1. The molecule has 1 aromatic carbocycles. The number of aromatic nitrogens is 1. The number of amides is 1. The third-order valence-electron chi connectivity index (χ3n) is 7.41. The number of hydrogen-bond donors (Lipinski definition) is 1. The van der Waals surface area contributed by atoms with E-state index in [-0.39, 0.29) is 33.5 Å². The Balaban J connectivity index is 1.37. The fourth-order valence-corrected chi connectivity index (χ4v) is 5.84. The highest BCUT2D eigenvalue weighted by atomic mass is 35.5. The molecule has 41 heavy (non-hydrogen) atoms. The Bertz CT molecular complexity index is 1280. The van der Waals surface area contributed by atoms with Crippen LogP contribution in [-0.4, -0.2) is 41.5 Å². The first kappa shape index (κ1) is 31.4. The van der Waals surface area contributed by atoms with Crippen LogP contribution in [-0.2, 0) is 10.9 Å². The van der Waals surface area contributed by atoms with Gasteiger partial charge in [-0.25, -0.2) is 0 Å². The number of carbonyl (C=O) groups is 1. The molecule has 2 atom stereocenters. The van der Waals surface area contributed by atoms with Crippen molar-refractivity contribution >= 4 is 40.7 Å². The molecular weight excluding hydrogens is 598 g/mol. The molecule has 0 saturated carbocycles. The Morgan fingerprint density at radius 2 is 1.78 bits per heavy atom. The van der Waals surface area contributed by atoms with Crippen LogP contribution < -0.4 is 5.32 Å². The molecule has 2 heterocycles. The maximum Gasteiger partial charge on any atom is 0.416 e. The van der Waals surface area contributed by atoms with Gasteiger partial charge in [0.1, 0.15) is 11.9 Å². The summed E-state index contributed by atoms with van der Waals surface area (Å²) in [5.41, 5.74) is 0.226. The lowest BCUT2D eigenvalue weighted by molar-refractivity contribution is -0.137. The van der Waals surface area contributed by atoms with Gasteiger partial charge in [0.15, 0.2) is 0 Å². The fourth-order valence-electron chi connectivity index (χ4n) is 5.11. The molecule has 1 aromatic heterocycles. The van der Waals surface area contributed by atoms with Crippen molar-refractivity contribution in [3.63, 3.8) is 0 Å². The Labute approximate surface area is 253 Å². The molecule has 1 fully saturated rings. The highest BCUT2D eigenvalue weighted by molar-refractivity contribution is 6.39. The van der Waals surface area contributed by atoms with E-state index in [4.69, 9.17) is 39.5 Å². The fraction of sp³-hybridized carbons (Fsp3) is 0.400. The normalized spacial score (nSPS) is 18.2. The van der Waals surface area contributed by atoms with E-state index < -0.39 is 17.8 Å². The monoisotopic (exact) mass is 627 g/mol. The van der Waals surface area contributed by atoms with E-state index in [1.165, 1.54) is 24.5 Å². The van der Waals surface area contributed by atoms with Gasteiger partial charge in [-0.15, -0.1) is 0 Å². The smallest absolute Gasteiger partial charge is 0.416 e. The average molecular weight is 629 g/mol. The molecule has 220 valence electrons. The van der Waals surface area contributed by atoms with Crippen LogP contribution in [0.3, 0.4) is 0 Å². The van der Waals surface area contributed by atoms with Gasteiger partial charge in [-0.2, -0.15) is 13.2 Å². The van der Waals surface area contributed by atoms with Crippen molar-refractivity contribution in [1.82, 2.24) is 15.2 Å². The van der Waals surface area contributed by atoms with Gasteiger partial charge in [-0.3, -0.25) is 9.78 Å². The van der Waals surface area contributed by atoms with Crippen LogP contribution in [0.2, 0.25) is 10.0 Å². The van der Waals surface area contributed by atoms with Crippen molar-refractivity contribution in [2.45, 2.75) is 50.9 Å². The van der Waals surface area contributed by atoms with Crippen molar-refractivity contribution < 1.29 is 22.7 Å². The molecule has 2 aromatic rings. The minimum atomic E-state index is -4.40. The second-order valence-electron chi connectivity index (χ2n) is 10.2. The average Bonchev–Trinajstić information content (AvgIpc) is 3.14. The van der Waals surface area contributed by atoms with Crippen molar-refractivity contribution in [3.05, 3.63) is 98.5 Å². The van der Waals surface area contributed by atoms with E-state index in [0.29, 0.717) is 29.3 Å². The molecule has 5 nitrogen and oxygen atoms in total. The summed E-state index contributed by atoms with van der Waals surface area (Å²) in [4.78, 5) is 18.8. The zero-order valence-electron chi connectivity index (χ0n) is 22.4. The number of halogens is 6. The predicted octanol–water partition coefficient (Wildman–Crippen LogP) is 8.35. The summed E-state index contributed by atoms with van der Waals surface area (Å²) in [6.07, 6.45) is 8.14. The summed E-state index contributed by atoms with van der Waals surface area (Å²) in [6.45, 7) is 4.14. The molecule has 1 aliphatic carbocycles. The van der Waals surface area contributed by atoms with Gasteiger partial charge in [-0.1, -0.05) is 59.1 Å². The molecule has 0 bridgehead atoms. The second kappa shape index (κ2) is 14.1. The number of allylic oxidation sites excluding steroid dienone is 5. The lowest BCUT2D eigenvalue weighted by atomic mass is 9.86. The van der Waals surface area contributed by atoms with Crippen molar-refractivity contribution in [2.75, 3.05) is 19.6 Å². The predicted molar refractivity (Wildman–Crippen MR) is 156 cm³/mol. The zero-order valence-corrected chi connectivity index (χ0v) is 24.7. The van der Waals surface area contributed by atoms with E-state index >= 15 is 0 Å². The summed E-state index contributed by atoms with van der Waals surface area (Å²) in [5, 5.41) is 3.81. The zero-order chi connectivity index (χ0) is 29.6. The molecule has 2 unspecified atom stereocenters. The first-order chi connectivity index (χ1) is 19.5. The number of hydrogen-bond acceptors (Lipinski definition) is 4. The van der Waals surface area contributed by atoms with Crippen LogP contribution in [0.1, 0.15) is 60.2 Å². The van der Waals surface area contributed by atoms with E-state index in [2.05, 4.69) is 22.1 Å². The van der Waals surface area contributed by atoms with Crippen LogP contribution >= 0.6 is 34.8 Å². The number of nitrogens with zero attached hydrogens (tertiary/aromatic N) is 2. The van der Waals surface area contributed by atoms with Crippen LogP contribution in [0.4, 0.5) is 13.2 Å². The number of nitrogens with one attached hydrogen (secondary N) is 1. The summed E-state index contributed by atoms with van der Waals surface area (Å²) in [7, 11) is 0. The number of alkyl halides is 3. The highest BCUT2D eigenvalue weighted by Gasteiger charge is 2.33. The summed E-state index contributed by atoms with van der Waals surface area (Å²) in [5.74, 6) is 0.426. The Morgan fingerprint density at radius 3 is 2.41 bits per heavy atom. The lowest BCUT2D eigenvalue weighted by Crippen LogP contribution is -2.42. The first-order valence-corrected chi connectivity index (χ1v) is 14.5. The van der Waals surface area contributed by atoms with E-state index in [0.717, 1.165) is 44.5 Å². The van der Waals surface area contributed by atoms with Gasteiger partial charge in [0, 0.05) is 42.4 Å². The number of ether oxygens (including phenoxy) is 1. The van der Waals surface area contributed by atoms with Crippen LogP contribution in [0.5, 0.6) is 0 Å². The lowest BCUT2D eigenvalue weighted by Gasteiger charge is -2.39. The van der Waals surface area contributed by atoms with Crippen LogP contribution in [0, 0.1) is 5.92 Å². The second-order valence-corrected chi connectivity index (χ2v) is 11.4. The van der Waals surface area contributed by atoms with Crippen LogP contribution in [0.15, 0.2) is 71.8 Å². The minimum absolute atomic E-state index is 0.0988. The summed E-state index contributed by atoms with van der Waals surface area (Å²) >= 11 is 18.4. The molecule has 1 aliphatic heterocycles. The van der Waals surface area contributed by atoms with E-state index in [1.54, 1.807) is 12.2 Å². The van der Waals surface area contributed by atoms with Crippen molar-refractivity contribution in [3.8, 4) is 0 Å². The Kier molecular flexibility index (Phi) is 10.8. The maximum absolute atomic E-state index is 13.2. The van der Waals surface area contributed by atoms with Crippen molar-refractivity contribution in [1.29, 1.82) is 0 Å². The summed E-state index contributed by atoms with van der Waals surface area (Å²) in [6, 6.07) is 5.44.